The van der Waals surface area contributed by atoms with Gasteiger partial charge in [-0.2, -0.15) is 0 Å². The van der Waals surface area contributed by atoms with Crippen LogP contribution in [0.5, 0.6) is 0 Å². The maximum Gasteiger partial charge on any atom is 0.522 e. The molecular formula is C14H21F3O. The molecule has 0 atom stereocenters. The van der Waals surface area contributed by atoms with Gasteiger partial charge >= 0.3 is 6.36 Å². The molecule has 1 aromatic rings. The zero-order valence-electron chi connectivity index (χ0n) is 11.3. The molecule has 0 saturated carbocycles. The van der Waals surface area contributed by atoms with Crippen molar-refractivity contribution >= 4 is 5.57 Å². The quantitative estimate of drug-likeness (QED) is 0.703. The lowest BCUT2D eigenvalue weighted by molar-refractivity contribution is -0.311. The third-order valence-electron chi connectivity index (χ3n) is 1.84. The van der Waals surface area contributed by atoms with E-state index in [2.05, 4.69) is 30.4 Å². The van der Waals surface area contributed by atoms with Gasteiger partial charge in [0.15, 0.2) is 0 Å². The Labute approximate surface area is 107 Å². The van der Waals surface area contributed by atoms with E-state index in [1.165, 1.54) is 11.1 Å². The van der Waals surface area contributed by atoms with Gasteiger partial charge in [-0.1, -0.05) is 57.7 Å². The SMILES string of the molecule is C=C(CC)c1ccccc1.CC.COC(F)(F)F. The molecule has 1 aromatic carbocycles. The van der Waals surface area contributed by atoms with Gasteiger partial charge in [0.05, 0.1) is 0 Å². The van der Waals surface area contributed by atoms with Crippen molar-refractivity contribution in [2.75, 3.05) is 7.11 Å². The van der Waals surface area contributed by atoms with Crippen LogP contribution < -0.4 is 0 Å². The molecule has 0 aromatic heterocycles. The number of halogens is 3. The van der Waals surface area contributed by atoms with Gasteiger partial charge in [-0.3, -0.25) is 4.74 Å². The summed E-state index contributed by atoms with van der Waals surface area (Å²) in [5.41, 5.74) is 2.46. The Morgan fingerprint density at radius 1 is 1.17 bits per heavy atom. The molecular weight excluding hydrogens is 241 g/mol. The molecule has 0 radical (unpaired) electrons. The molecule has 0 heterocycles. The number of methoxy groups -OCH3 is 1. The molecule has 0 saturated heterocycles. The molecule has 104 valence electrons. The first-order valence-corrected chi connectivity index (χ1v) is 5.75. The summed E-state index contributed by atoms with van der Waals surface area (Å²) in [6.07, 6.45) is -3.43. The molecule has 4 heteroatoms. The average molecular weight is 262 g/mol. The van der Waals surface area contributed by atoms with Gasteiger partial charge in [-0.15, -0.1) is 13.2 Å². The van der Waals surface area contributed by atoms with Crippen LogP contribution in [0.4, 0.5) is 13.2 Å². The Kier molecular flexibility index (Phi) is 11.5. The summed E-state index contributed by atoms with van der Waals surface area (Å²) in [5, 5.41) is 0. The summed E-state index contributed by atoms with van der Waals surface area (Å²) in [7, 11) is 0.583. The molecule has 1 nitrogen and oxygen atoms in total. The summed E-state index contributed by atoms with van der Waals surface area (Å²) >= 11 is 0. The first-order chi connectivity index (χ1) is 8.40. The highest BCUT2D eigenvalue weighted by molar-refractivity contribution is 5.62. The predicted octanol–water partition coefficient (Wildman–Crippen LogP) is 5.29. The van der Waals surface area contributed by atoms with Crippen LogP contribution in [0.25, 0.3) is 5.57 Å². The van der Waals surface area contributed by atoms with Crippen molar-refractivity contribution in [3.05, 3.63) is 42.5 Å². The fourth-order valence-corrected chi connectivity index (χ4v) is 0.878. The van der Waals surface area contributed by atoms with E-state index in [1.54, 1.807) is 0 Å². The molecule has 1 rings (SSSR count). The third-order valence-corrected chi connectivity index (χ3v) is 1.84. The summed E-state index contributed by atoms with van der Waals surface area (Å²) in [4.78, 5) is 0. The number of allylic oxidation sites excluding steroid dienone is 1. The standard InChI is InChI=1S/C10H12.C2H3F3O.C2H6/c1-3-9(2)10-7-5-4-6-8-10;1-6-2(3,4)5;1-2/h4-8H,2-3H2,1H3;1H3;1-2H3. The van der Waals surface area contributed by atoms with Gasteiger partial charge in [0.2, 0.25) is 0 Å². The highest BCUT2D eigenvalue weighted by atomic mass is 19.4. The van der Waals surface area contributed by atoms with Gasteiger partial charge in [0, 0.05) is 7.11 Å². The number of hydrogen-bond donors (Lipinski definition) is 0. The van der Waals surface area contributed by atoms with Gasteiger partial charge < -0.3 is 0 Å². The van der Waals surface area contributed by atoms with E-state index < -0.39 is 6.36 Å². The van der Waals surface area contributed by atoms with Crippen LogP contribution in [-0.4, -0.2) is 13.5 Å². The fraction of sp³-hybridized carbons (Fsp3) is 0.429. The van der Waals surface area contributed by atoms with Crippen molar-refractivity contribution in [1.82, 2.24) is 0 Å². The summed E-state index contributed by atoms with van der Waals surface area (Å²) < 4.78 is 34.6. The molecule has 0 spiro atoms. The Hall–Kier alpha value is -1.29. The van der Waals surface area contributed by atoms with Crippen molar-refractivity contribution in [3.63, 3.8) is 0 Å². The highest BCUT2D eigenvalue weighted by Crippen LogP contribution is 2.14. The first kappa shape index (κ1) is 19.1. The van der Waals surface area contributed by atoms with Crippen molar-refractivity contribution in [2.24, 2.45) is 0 Å². The lowest BCUT2D eigenvalue weighted by atomic mass is 10.1. The molecule has 0 aliphatic rings. The van der Waals surface area contributed by atoms with Crippen molar-refractivity contribution in [3.8, 4) is 0 Å². The monoisotopic (exact) mass is 262 g/mol. The van der Waals surface area contributed by atoms with Gasteiger partial charge in [-0.05, 0) is 17.6 Å². The van der Waals surface area contributed by atoms with E-state index >= 15 is 0 Å². The zero-order chi connectivity index (χ0) is 14.6. The van der Waals surface area contributed by atoms with E-state index in [0.29, 0.717) is 7.11 Å². The van der Waals surface area contributed by atoms with Crippen molar-refractivity contribution < 1.29 is 17.9 Å². The minimum Gasteiger partial charge on any atom is -0.295 e. The normalized spacial score (nSPS) is 9.50. The number of hydrogen-bond acceptors (Lipinski definition) is 1. The van der Waals surface area contributed by atoms with Crippen LogP contribution in [0.2, 0.25) is 0 Å². The molecule has 0 N–H and O–H groups in total. The molecule has 0 aliphatic carbocycles. The van der Waals surface area contributed by atoms with Gasteiger partial charge in [0.1, 0.15) is 0 Å². The van der Waals surface area contributed by atoms with E-state index in [-0.39, 0.29) is 0 Å². The topological polar surface area (TPSA) is 9.23 Å². The highest BCUT2D eigenvalue weighted by Gasteiger charge is 2.25. The number of rotatable bonds is 2. The molecule has 0 fully saturated rings. The van der Waals surface area contributed by atoms with E-state index in [9.17, 15) is 13.2 Å². The minimum absolute atomic E-state index is 0.583. The summed E-state index contributed by atoms with van der Waals surface area (Å²) in [5.74, 6) is 0. The summed E-state index contributed by atoms with van der Waals surface area (Å²) in [6.45, 7) is 10.1. The van der Waals surface area contributed by atoms with Crippen LogP contribution in [-0.2, 0) is 4.74 Å². The fourth-order valence-electron chi connectivity index (χ4n) is 0.878. The molecule has 0 aliphatic heterocycles. The zero-order valence-corrected chi connectivity index (χ0v) is 11.3. The molecule has 0 amide bonds. The molecule has 0 unspecified atom stereocenters. The average Bonchev–Trinajstić information content (AvgIpc) is 2.41. The summed E-state index contributed by atoms with van der Waals surface area (Å²) in [6, 6.07) is 10.3. The second kappa shape index (κ2) is 10.8. The van der Waals surface area contributed by atoms with Crippen LogP contribution in [0.1, 0.15) is 32.8 Å². The first-order valence-electron chi connectivity index (χ1n) is 5.75. The maximum atomic E-state index is 10.6. The Bertz CT molecular complexity index is 305. The van der Waals surface area contributed by atoms with E-state index in [1.807, 2.05) is 32.0 Å². The molecule has 18 heavy (non-hydrogen) atoms. The molecule has 0 bridgehead atoms. The predicted molar refractivity (Wildman–Crippen MR) is 70.2 cm³/mol. The van der Waals surface area contributed by atoms with Crippen molar-refractivity contribution in [2.45, 2.75) is 33.6 Å². The van der Waals surface area contributed by atoms with Crippen LogP contribution in [0, 0.1) is 0 Å². The van der Waals surface area contributed by atoms with Gasteiger partial charge in [-0.25, -0.2) is 0 Å². The van der Waals surface area contributed by atoms with Crippen LogP contribution in [0.3, 0.4) is 0 Å². The van der Waals surface area contributed by atoms with Crippen LogP contribution >= 0.6 is 0 Å². The smallest absolute Gasteiger partial charge is 0.295 e. The maximum absolute atomic E-state index is 10.6. The second-order valence-corrected chi connectivity index (χ2v) is 2.97. The van der Waals surface area contributed by atoms with Crippen LogP contribution in [0.15, 0.2) is 36.9 Å². The van der Waals surface area contributed by atoms with Gasteiger partial charge in [0.25, 0.3) is 0 Å². The van der Waals surface area contributed by atoms with Crippen molar-refractivity contribution in [1.29, 1.82) is 0 Å². The Morgan fingerprint density at radius 3 is 1.83 bits per heavy atom. The number of ether oxygens (including phenoxy) is 1. The largest absolute Gasteiger partial charge is 0.522 e. The van der Waals surface area contributed by atoms with E-state index in [4.69, 9.17) is 0 Å². The second-order valence-electron chi connectivity index (χ2n) is 2.97. The number of benzene rings is 1. The lowest BCUT2D eigenvalue weighted by Gasteiger charge is -1.99. The minimum atomic E-state index is -4.46. The lowest BCUT2D eigenvalue weighted by Crippen LogP contribution is -2.08. The Morgan fingerprint density at radius 2 is 1.56 bits per heavy atom. The number of alkyl halides is 3. The third kappa shape index (κ3) is 11.2. The Balaban J connectivity index is 0. The van der Waals surface area contributed by atoms with E-state index in [0.717, 1.165) is 6.42 Å².